The van der Waals surface area contributed by atoms with E-state index in [1.165, 1.54) is 30.2 Å². The molecule has 13 heteroatoms. The van der Waals surface area contributed by atoms with Gasteiger partial charge in [0.25, 0.3) is 0 Å². The lowest BCUT2D eigenvalue weighted by molar-refractivity contribution is -0.111. The van der Waals surface area contributed by atoms with Crippen LogP contribution in [0.25, 0.3) is 11.4 Å². The van der Waals surface area contributed by atoms with Gasteiger partial charge >= 0.3 is 0 Å². The second kappa shape index (κ2) is 10.5. The Morgan fingerprint density at radius 1 is 1.22 bits per heavy atom. The maximum Gasteiger partial charge on any atom is 0.242 e. The number of hydrogen-bond acceptors (Lipinski definition) is 10. The maximum absolute atomic E-state index is 12.6. The molecular formula is C19H26N6O5S2. The van der Waals surface area contributed by atoms with Crippen LogP contribution in [0.2, 0.25) is 0 Å². The van der Waals surface area contributed by atoms with Crippen LogP contribution in [0, 0.1) is 0 Å². The molecule has 0 bridgehead atoms. The van der Waals surface area contributed by atoms with Gasteiger partial charge in [-0.25, -0.2) is 12.7 Å². The number of ether oxygens (including phenoxy) is 2. The smallest absolute Gasteiger partial charge is 0.242 e. The van der Waals surface area contributed by atoms with E-state index in [1.807, 2.05) is 11.5 Å². The molecule has 32 heavy (non-hydrogen) atoms. The van der Waals surface area contributed by atoms with Crippen molar-refractivity contribution in [1.29, 1.82) is 0 Å². The third-order valence-corrected chi connectivity index (χ3v) is 7.36. The number of sulfonamides is 1. The number of thioether (sulfide) groups is 1. The standard InChI is InChI=1S/C19H26N6O5S2/c1-6-16-20-15(23-30-16)12-31-19-22-21-18(25(19)11-17(28-4)29-5)13-8-7-9-14(10-13)32(26,27)24(2)3/h7-10,17H,6,11-12H2,1-5H3. The highest BCUT2D eigenvalue weighted by Gasteiger charge is 2.22. The van der Waals surface area contributed by atoms with Crippen molar-refractivity contribution in [3.63, 3.8) is 0 Å². The quantitative estimate of drug-likeness (QED) is 0.296. The van der Waals surface area contributed by atoms with E-state index in [1.54, 1.807) is 38.5 Å². The van der Waals surface area contributed by atoms with Gasteiger partial charge in [-0.15, -0.1) is 10.2 Å². The van der Waals surface area contributed by atoms with Crippen molar-refractivity contribution in [3.05, 3.63) is 36.0 Å². The second-order valence-corrected chi connectivity index (χ2v) is 9.97. The molecule has 0 unspecified atom stereocenters. The summed E-state index contributed by atoms with van der Waals surface area (Å²) in [4.78, 5) is 4.47. The molecule has 0 aliphatic carbocycles. The Morgan fingerprint density at radius 2 is 1.97 bits per heavy atom. The third-order valence-electron chi connectivity index (χ3n) is 4.59. The van der Waals surface area contributed by atoms with Gasteiger partial charge in [0.15, 0.2) is 23.1 Å². The number of nitrogens with zero attached hydrogens (tertiary/aromatic N) is 6. The van der Waals surface area contributed by atoms with E-state index >= 15 is 0 Å². The monoisotopic (exact) mass is 482 g/mol. The maximum atomic E-state index is 12.6. The fourth-order valence-corrected chi connectivity index (χ4v) is 4.53. The van der Waals surface area contributed by atoms with Crippen molar-refractivity contribution < 1.29 is 22.4 Å². The fourth-order valence-electron chi connectivity index (χ4n) is 2.80. The molecule has 3 rings (SSSR count). The first-order chi connectivity index (χ1) is 15.3. The molecule has 0 atom stereocenters. The number of aryl methyl sites for hydroxylation is 1. The van der Waals surface area contributed by atoms with Gasteiger partial charge in [0.2, 0.25) is 15.9 Å². The Kier molecular flexibility index (Phi) is 8.00. The lowest BCUT2D eigenvalue weighted by Gasteiger charge is -2.17. The molecule has 0 aliphatic rings. The van der Waals surface area contributed by atoms with E-state index in [4.69, 9.17) is 14.0 Å². The Morgan fingerprint density at radius 3 is 2.59 bits per heavy atom. The average Bonchev–Trinajstić information content (AvgIpc) is 3.42. The number of benzene rings is 1. The van der Waals surface area contributed by atoms with Crippen LogP contribution in [0.3, 0.4) is 0 Å². The molecule has 0 saturated heterocycles. The van der Waals surface area contributed by atoms with Gasteiger partial charge in [0.05, 0.1) is 17.2 Å². The topological polar surface area (TPSA) is 125 Å². The summed E-state index contributed by atoms with van der Waals surface area (Å²) >= 11 is 1.38. The van der Waals surface area contributed by atoms with Crippen LogP contribution in [0.1, 0.15) is 18.6 Å². The molecular weight excluding hydrogens is 456 g/mol. The Labute approximate surface area is 191 Å². The molecule has 2 heterocycles. The summed E-state index contributed by atoms with van der Waals surface area (Å²) in [5.74, 6) is 2.05. The molecule has 11 nitrogen and oxygen atoms in total. The predicted octanol–water partition coefficient (Wildman–Crippen LogP) is 2.05. The van der Waals surface area contributed by atoms with Gasteiger partial charge in [0, 0.05) is 40.3 Å². The minimum absolute atomic E-state index is 0.165. The highest BCUT2D eigenvalue weighted by molar-refractivity contribution is 7.98. The molecule has 0 fully saturated rings. The van der Waals surface area contributed by atoms with E-state index in [0.717, 1.165) is 0 Å². The highest BCUT2D eigenvalue weighted by Crippen LogP contribution is 2.28. The molecule has 1 aromatic carbocycles. The van der Waals surface area contributed by atoms with Crippen molar-refractivity contribution in [2.75, 3.05) is 28.3 Å². The first-order valence-electron chi connectivity index (χ1n) is 9.76. The Hall–Kier alpha value is -2.32. The first-order valence-corrected chi connectivity index (χ1v) is 12.2. The van der Waals surface area contributed by atoms with E-state index in [0.29, 0.717) is 47.0 Å². The van der Waals surface area contributed by atoms with Gasteiger partial charge < -0.3 is 14.0 Å². The molecule has 174 valence electrons. The highest BCUT2D eigenvalue weighted by atomic mass is 32.2. The normalized spacial score (nSPS) is 12.2. The van der Waals surface area contributed by atoms with E-state index in [-0.39, 0.29) is 4.90 Å². The van der Waals surface area contributed by atoms with Crippen LogP contribution in [0.4, 0.5) is 0 Å². The van der Waals surface area contributed by atoms with Gasteiger partial charge in [-0.05, 0) is 12.1 Å². The fraction of sp³-hybridized carbons (Fsp3) is 0.474. The summed E-state index contributed by atoms with van der Waals surface area (Å²) in [7, 11) is 2.47. The molecule has 0 spiro atoms. The van der Waals surface area contributed by atoms with Crippen molar-refractivity contribution in [1.82, 2.24) is 29.2 Å². The average molecular weight is 483 g/mol. The van der Waals surface area contributed by atoms with E-state index in [2.05, 4.69) is 20.3 Å². The lowest BCUT2D eigenvalue weighted by Crippen LogP contribution is -2.22. The zero-order chi connectivity index (χ0) is 23.3. The van der Waals surface area contributed by atoms with Crippen LogP contribution in [-0.4, -0.2) is 72.2 Å². The van der Waals surface area contributed by atoms with Crippen molar-refractivity contribution in [3.8, 4) is 11.4 Å². The summed E-state index contributed by atoms with van der Waals surface area (Å²) in [5, 5.41) is 13.2. The third kappa shape index (κ3) is 5.35. The molecule has 3 aromatic rings. The van der Waals surface area contributed by atoms with E-state index in [9.17, 15) is 8.42 Å². The molecule has 0 saturated carbocycles. The zero-order valence-corrected chi connectivity index (χ0v) is 20.2. The number of rotatable bonds is 11. The van der Waals surface area contributed by atoms with Crippen molar-refractivity contribution in [2.24, 2.45) is 0 Å². The van der Waals surface area contributed by atoms with Crippen molar-refractivity contribution in [2.45, 2.75) is 42.0 Å². The number of hydrogen-bond donors (Lipinski definition) is 0. The van der Waals surface area contributed by atoms with Crippen molar-refractivity contribution >= 4 is 21.8 Å². The Bertz CT molecular complexity index is 1140. The van der Waals surface area contributed by atoms with Crippen LogP contribution in [-0.2, 0) is 38.2 Å². The van der Waals surface area contributed by atoms with Gasteiger partial charge in [-0.3, -0.25) is 4.57 Å². The molecule has 2 aromatic heterocycles. The first kappa shape index (κ1) is 24.3. The van der Waals surface area contributed by atoms with Crippen LogP contribution < -0.4 is 0 Å². The number of aromatic nitrogens is 5. The zero-order valence-electron chi connectivity index (χ0n) is 18.5. The molecule has 0 amide bonds. The molecule has 0 N–H and O–H groups in total. The van der Waals surface area contributed by atoms with Crippen LogP contribution in [0.5, 0.6) is 0 Å². The summed E-state index contributed by atoms with van der Waals surface area (Å²) in [6, 6.07) is 6.58. The second-order valence-electron chi connectivity index (χ2n) is 6.88. The molecule has 0 radical (unpaired) electrons. The van der Waals surface area contributed by atoms with Gasteiger partial charge in [-0.2, -0.15) is 4.98 Å². The van der Waals surface area contributed by atoms with Crippen LogP contribution >= 0.6 is 11.8 Å². The lowest BCUT2D eigenvalue weighted by atomic mass is 10.2. The minimum Gasteiger partial charge on any atom is -0.354 e. The summed E-state index contributed by atoms with van der Waals surface area (Å²) in [6.45, 7) is 2.24. The summed E-state index contributed by atoms with van der Waals surface area (Å²) in [6.07, 6.45) is 0.114. The minimum atomic E-state index is -3.60. The SMILES string of the molecule is CCc1nc(CSc2nnc(-c3cccc(S(=O)(=O)N(C)C)c3)n2CC(OC)OC)no1. The summed E-state index contributed by atoms with van der Waals surface area (Å²) in [5.41, 5.74) is 0.603. The van der Waals surface area contributed by atoms with Crippen LogP contribution in [0.15, 0.2) is 38.8 Å². The number of methoxy groups -OCH3 is 2. The predicted molar refractivity (Wildman–Crippen MR) is 117 cm³/mol. The Balaban J connectivity index is 1.96. The largest absolute Gasteiger partial charge is 0.354 e. The van der Waals surface area contributed by atoms with Gasteiger partial charge in [0.1, 0.15) is 0 Å². The van der Waals surface area contributed by atoms with Gasteiger partial charge in [-0.1, -0.05) is 36.0 Å². The summed E-state index contributed by atoms with van der Waals surface area (Å²) < 4.78 is 44.0. The van der Waals surface area contributed by atoms with E-state index < -0.39 is 16.3 Å². The molecule has 0 aliphatic heterocycles.